The molecule has 0 spiro atoms. The van der Waals surface area contributed by atoms with E-state index in [0.717, 1.165) is 0 Å². The molecule has 0 aromatic carbocycles. The Balaban J connectivity index is 3.37. The Hall–Kier alpha value is -0.220. The number of halogens is 2. The van der Waals surface area contributed by atoms with E-state index in [4.69, 9.17) is 0 Å². The molecule has 0 amide bonds. The zero-order chi connectivity index (χ0) is 6.62. The van der Waals surface area contributed by atoms with Crippen molar-refractivity contribution >= 4 is 0 Å². The van der Waals surface area contributed by atoms with Gasteiger partial charge < -0.3 is 0 Å². The van der Waals surface area contributed by atoms with Gasteiger partial charge in [0.25, 0.3) is 5.92 Å². The van der Waals surface area contributed by atoms with Crippen molar-refractivity contribution in [1.29, 1.82) is 0 Å². The third-order valence-electron chi connectivity index (χ3n) is 0.812. The summed E-state index contributed by atoms with van der Waals surface area (Å²) in [6.07, 6.45) is -0.232. The van der Waals surface area contributed by atoms with E-state index < -0.39 is 12.5 Å². The molecule has 0 fully saturated rings. The lowest BCUT2D eigenvalue weighted by molar-refractivity contribution is -0.0799. The molecule has 0 unspecified atom stereocenters. The first-order chi connectivity index (χ1) is 3.62. The van der Waals surface area contributed by atoms with E-state index in [1.807, 2.05) is 0 Å². The highest BCUT2D eigenvalue weighted by molar-refractivity contribution is 4.59. The van der Waals surface area contributed by atoms with E-state index in [1.165, 1.54) is 6.92 Å². The Kier molecular flexibility index (Phi) is 2.86. The SMILES string of the molecule is CCC(F)(F)CON. The van der Waals surface area contributed by atoms with Crippen LogP contribution in [0.15, 0.2) is 0 Å². The average Bonchev–Trinajstić information content (AvgIpc) is 1.67. The van der Waals surface area contributed by atoms with Crippen LogP contribution in [0.1, 0.15) is 13.3 Å². The monoisotopic (exact) mass is 125 g/mol. The summed E-state index contributed by atoms with van der Waals surface area (Å²) >= 11 is 0. The number of hydrogen-bond acceptors (Lipinski definition) is 2. The van der Waals surface area contributed by atoms with Gasteiger partial charge in [0, 0.05) is 6.42 Å². The predicted molar refractivity (Wildman–Crippen MR) is 25.4 cm³/mol. The highest BCUT2D eigenvalue weighted by Crippen LogP contribution is 2.16. The summed E-state index contributed by atoms with van der Waals surface area (Å²) in [5, 5.41) is 0. The van der Waals surface area contributed by atoms with Crippen LogP contribution in [-0.2, 0) is 4.84 Å². The van der Waals surface area contributed by atoms with Gasteiger partial charge in [0.05, 0.1) is 0 Å². The third-order valence-corrected chi connectivity index (χ3v) is 0.812. The van der Waals surface area contributed by atoms with Gasteiger partial charge in [0.2, 0.25) is 0 Å². The Morgan fingerprint density at radius 3 is 2.25 bits per heavy atom. The second kappa shape index (κ2) is 2.94. The first-order valence-corrected chi connectivity index (χ1v) is 2.32. The van der Waals surface area contributed by atoms with Crippen LogP contribution >= 0.6 is 0 Å². The first kappa shape index (κ1) is 7.78. The molecule has 50 valence electrons. The van der Waals surface area contributed by atoms with Gasteiger partial charge in [-0.1, -0.05) is 6.92 Å². The van der Waals surface area contributed by atoms with Gasteiger partial charge in [-0.25, -0.2) is 14.7 Å². The number of rotatable bonds is 3. The van der Waals surface area contributed by atoms with Gasteiger partial charge in [-0.2, -0.15) is 0 Å². The molecule has 0 atom stereocenters. The summed E-state index contributed by atoms with van der Waals surface area (Å²) in [5.74, 6) is 1.66. The minimum Gasteiger partial charge on any atom is -0.298 e. The van der Waals surface area contributed by atoms with Crippen molar-refractivity contribution < 1.29 is 13.6 Å². The summed E-state index contributed by atoms with van der Waals surface area (Å²) in [4.78, 5) is 3.75. The second-order valence-corrected chi connectivity index (χ2v) is 1.52. The molecule has 8 heavy (non-hydrogen) atoms. The number of hydrogen-bond donors (Lipinski definition) is 1. The Bertz CT molecular complexity index is 67.1. The maximum Gasteiger partial charge on any atom is 0.272 e. The number of alkyl halides is 2. The molecule has 0 aliphatic carbocycles. The maximum atomic E-state index is 11.9. The predicted octanol–water partition coefficient (Wildman–Crippen LogP) is 0.922. The molecule has 4 heteroatoms. The standard InChI is InChI=1S/C4H9F2NO/c1-2-4(5,6)3-8-7/h2-3,7H2,1H3. The van der Waals surface area contributed by atoms with Gasteiger partial charge in [-0.3, -0.25) is 4.84 Å². The zero-order valence-corrected chi connectivity index (χ0v) is 4.66. The van der Waals surface area contributed by atoms with Gasteiger partial charge in [0.1, 0.15) is 6.61 Å². The van der Waals surface area contributed by atoms with Crippen LogP contribution in [0, 0.1) is 0 Å². The lowest BCUT2D eigenvalue weighted by atomic mass is 10.3. The third kappa shape index (κ3) is 2.87. The van der Waals surface area contributed by atoms with E-state index in [9.17, 15) is 8.78 Å². The highest BCUT2D eigenvalue weighted by atomic mass is 19.3. The average molecular weight is 125 g/mol. The Morgan fingerprint density at radius 1 is 1.62 bits per heavy atom. The molecule has 0 aromatic heterocycles. The summed E-state index contributed by atoms with van der Waals surface area (Å²) in [6, 6.07) is 0. The molecular weight excluding hydrogens is 116 g/mol. The van der Waals surface area contributed by atoms with Crippen LogP contribution in [0.25, 0.3) is 0 Å². The fraction of sp³-hybridized carbons (Fsp3) is 1.00. The van der Waals surface area contributed by atoms with E-state index in [-0.39, 0.29) is 6.42 Å². The smallest absolute Gasteiger partial charge is 0.272 e. The van der Waals surface area contributed by atoms with E-state index >= 15 is 0 Å². The van der Waals surface area contributed by atoms with E-state index in [0.29, 0.717) is 0 Å². The van der Waals surface area contributed by atoms with Crippen molar-refractivity contribution in [1.82, 2.24) is 0 Å². The second-order valence-electron chi connectivity index (χ2n) is 1.52. The summed E-state index contributed by atoms with van der Waals surface area (Å²) < 4.78 is 23.9. The minimum absolute atomic E-state index is 0.232. The van der Waals surface area contributed by atoms with Crippen LogP contribution in [0.4, 0.5) is 8.78 Å². The van der Waals surface area contributed by atoms with Crippen LogP contribution in [0.5, 0.6) is 0 Å². The molecule has 0 radical (unpaired) electrons. The Morgan fingerprint density at radius 2 is 2.12 bits per heavy atom. The van der Waals surface area contributed by atoms with Crippen LogP contribution in [-0.4, -0.2) is 12.5 Å². The van der Waals surface area contributed by atoms with Crippen molar-refractivity contribution in [3.63, 3.8) is 0 Å². The van der Waals surface area contributed by atoms with Crippen LogP contribution in [0.2, 0.25) is 0 Å². The summed E-state index contributed by atoms with van der Waals surface area (Å²) in [6.45, 7) is 0.683. The summed E-state index contributed by atoms with van der Waals surface area (Å²) in [5.41, 5.74) is 0. The van der Waals surface area contributed by atoms with Crippen molar-refractivity contribution in [3.05, 3.63) is 0 Å². The van der Waals surface area contributed by atoms with E-state index in [2.05, 4.69) is 10.7 Å². The molecule has 0 aliphatic heterocycles. The van der Waals surface area contributed by atoms with Gasteiger partial charge in [-0.05, 0) is 0 Å². The first-order valence-electron chi connectivity index (χ1n) is 2.32. The van der Waals surface area contributed by atoms with Crippen molar-refractivity contribution in [2.45, 2.75) is 19.3 Å². The number of nitrogens with two attached hydrogens (primary N) is 1. The van der Waals surface area contributed by atoms with Crippen molar-refractivity contribution in [2.75, 3.05) is 6.61 Å². The highest BCUT2D eigenvalue weighted by Gasteiger charge is 2.25. The quantitative estimate of drug-likeness (QED) is 0.569. The molecule has 0 aromatic rings. The molecule has 0 saturated heterocycles. The largest absolute Gasteiger partial charge is 0.298 e. The van der Waals surface area contributed by atoms with Crippen molar-refractivity contribution in [3.8, 4) is 0 Å². The molecular formula is C4H9F2NO. The molecule has 0 aliphatic rings. The molecule has 0 rings (SSSR count). The van der Waals surface area contributed by atoms with Gasteiger partial charge >= 0.3 is 0 Å². The maximum absolute atomic E-state index is 11.9. The van der Waals surface area contributed by atoms with Crippen LogP contribution in [0.3, 0.4) is 0 Å². The molecule has 0 bridgehead atoms. The molecule has 2 nitrogen and oxygen atoms in total. The summed E-state index contributed by atoms with van der Waals surface area (Å²) in [7, 11) is 0. The Labute approximate surface area is 46.6 Å². The molecule has 0 heterocycles. The lowest BCUT2D eigenvalue weighted by Gasteiger charge is -2.10. The lowest BCUT2D eigenvalue weighted by Crippen LogP contribution is -2.24. The van der Waals surface area contributed by atoms with Crippen LogP contribution < -0.4 is 5.90 Å². The van der Waals surface area contributed by atoms with Crippen molar-refractivity contribution in [2.24, 2.45) is 5.90 Å². The normalized spacial score (nSPS) is 12.0. The fourth-order valence-electron chi connectivity index (χ4n) is 0.224. The molecule has 0 saturated carbocycles. The van der Waals surface area contributed by atoms with E-state index in [1.54, 1.807) is 0 Å². The molecule has 2 N–H and O–H groups in total. The zero-order valence-electron chi connectivity index (χ0n) is 4.66. The van der Waals surface area contributed by atoms with Gasteiger partial charge in [0.15, 0.2) is 0 Å². The van der Waals surface area contributed by atoms with Gasteiger partial charge in [-0.15, -0.1) is 0 Å². The fourth-order valence-corrected chi connectivity index (χ4v) is 0.224. The minimum atomic E-state index is -2.76. The topological polar surface area (TPSA) is 35.2 Å².